The van der Waals surface area contributed by atoms with Crippen molar-refractivity contribution in [2.75, 3.05) is 14.2 Å². The van der Waals surface area contributed by atoms with Gasteiger partial charge in [0.1, 0.15) is 5.82 Å². The summed E-state index contributed by atoms with van der Waals surface area (Å²) in [5, 5.41) is 0.690. The van der Waals surface area contributed by atoms with Crippen molar-refractivity contribution in [2.45, 2.75) is 12.8 Å². The first kappa shape index (κ1) is 17.7. The molecule has 6 heteroatoms. The lowest BCUT2D eigenvalue weighted by atomic mass is 9.79. The number of fused-ring (bicyclic) bond motifs is 1. The molecule has 128 valence electrons. The number of carbonyl (C=O) groups excluding carboxylic acids is 2. The van der Waals surface area contributed by atoms with E-state index < -0.39 is 17.4 Å². The molecule has 0 atom stereocenters. The predicted molar refractivity (Wildman–Crippen MR) is 87.9 cm³/mol. The Kier molecular flexibility index (Phi) is 5.07. The molecule has 2 aromatic rings. The van der Waals surface area contributed by atoms with Gasteiger partial charge in [0.2, 0.25) is 0 Å². The summed E-state index contributed by atoms with van der Waals surface area (Å²) in [6, 6.07) is 6.18. The summed E-state index contributed by atoms with van der Waals surface area (Å²) in [7, 11) is 4.24. The van der Waals surface area contributed by atoms with Crippen LogP contribution in [0, 0.1) is 11.2 Å². The van der Waals surface area contributed by atoms with E-state index in [0.29, 0.717) is 11.1 Å². The molecule has 5 nitrogen and oxygen atoms in total. The fraction of sp³-hybridized carbons (Fsp3) is 0.333. The molecule has 2 rings (SSSR count). The van der Waals surface area contributed by atoms with Gasteiger partial charge in [0.25, 0.3) is 0 Å². The summed E-state index contributed by atoms with van der Waals surface area (Å²) in [4.78, 5) is 24.7. The van der Waals surface area contributed by atoms with Crippen LogP contribution in [0.5, 0.6) is 0 Å². The summed E-state index contributed by atoms with van der Waals surface area (Å²) in [5.41, 5.74) is -0.0340. The largest absolute Gasteiger partial charge is 0.468 e. The number of benzene rings is 1. The molecular weight excluding hydrogens is 313 g/mol. The highest BCUT2D eigenvalue weighted by atomic mass is 19.1. The normalized spacial score (nSPS) is 11.3. The van der Waals surface area contributed by atoms with Gasteiger partial charge < -0.3 is 14.0 Å². The maximum atomic E-state index is 13.4. The van der Waals surface area contributed by atoms with Gasteiger partial charge in [-0.1, -0.05) is 6.08 Å². The van der Waals surface area contributed by atoms with Gasteiger partial charge in [0.15, 0.2) is 5.41 Å². The average Bonchev–Trinajstić information content (AvgIpc) is 2.87. The molecule has 0 saturated heterocycles. The lowest BCUT2D eigenvalue weighted by molar-refractivity contribution is -0.169. The first-order valence-electron chi connectivity index (χ1n) is 7.41. The van der Waals surface area contributed by atoms with E-state index >= 15 is 0 Å². The molecule has 0 aliphatic rings. The van der Waals surface area contributed by atoms with Crippen LogP contribution in [-0.2, 0) is 32.5 Å². The molecule has 24 heavy (non-hydrogen) atoms. The Balaban J connectivity index is 2.57. The van der Waals surface area contributed by atoms with Crippen LogP contribution in [0.3, 0.4) is 0 Å². The summed E-state index contributed by atoms with van der Waals surface area (Å²) < 4.78 is 24.9. The van der Waals surface area contributed by atoms with E-state index in [0.717, 1.165) is 5.52 Å². The zero-order valence-electron chi connectivity index (χ0n) is 14.0. The molecule has 0 unspecified atom stereocenters. The predicted octanol–water partition coefficient (Wildman–Crippen LogP) is 2.77. The van der Waals surface area contributed by atoms with E-state index in [1.165, 1.54) is 32.4 Å². The average molecular weight is 333 g/mol. The van der Waals surface area contributed by atoms with Crippen molar-refractivity contribution in [2.24, 2.45) is 12.5 Å². The van der Waals surface area contributed by atoms with E-state index in [4.69, 9.17) is 9.47 Å². The van der Waals surface area contributed by atoms with E-state index in [1.54, 1.807) is 19.2 Å². The topological polar surface area (TPSA) is 57.5 Å². The number of ether oxygens (including phenoxy) is 2. The zero-order chi connectivity index (χ0) is 17.9. The number of esters is 2. The first-order valence-corrected chi connectivity index (χ1v) is 7.41. The zero-order valence-corrected chi connectivity index (χ0v) is 14.0. The molecule has 0 radical (unpaired) electrons. The molecule has 1 heterocycles. The molecule has 1 aromatic heterocycles. The summed E-state index contributed by atoms with van der Waals surface area (Å²) >= 11 is 0. The minimum absolute atomic E-state index is 0.0607. The number of aryl methyl sites for hydroxylation is 1. The third-order valence-electron chi connectivity index (χ3n) is 4.23. The number of carbonyl (C=O) groups is 2. The molecule has 0 bridgehead atoms. The molecule has 0 saturated carbocycles. The fourth-order valence-corrected chi connectivity index (χ4v) is 2.96. The fourth-order valence-electron chi connectivity index (χ4n) is 2.96. The minimum atomic E-state index is -1.52. The molecule has 0 amide bonds. The van der Waals surface area contributed by atoms with Gasteiger partial charge in [-0.3, -0.25) is 9.59 Å². The number of rotatable bonds is 6. The first-order chi connectivity index (χ1) is 11.4. The highest BCUT2D eigenvalue weighted by Gasteiger charge is 2.48. The smallest absolute Gasteiger partial charge is 0.323 e. The number of allylic oxidation sites excluding steroid dienone is 1. The van der Waals surface area contributed by atoms with Crippen LogP contribution in [0.2, 0.25) is 0 Å². The number of hydrogen-bond acceptors (Lipinski definition) is 4. The van der Waals surface area contributed by atoms with Crippen LogP contribution in [0.4, 0.5) is 4.39 Å². The quantitative estimate of drug-likeness (QED) is 0.463. The Hall–Kier alpha value is -2.63. The number of aromatic nitrogens is 1. The van der Waals surface area contributed by atoms with Crippen LogP contribution in [0.15, 0.2) is 36.9 Å². The van der Waals surface area contributed by atoms with Gasteiger partial charge in [-0.2, -0.15) is 0 Å². The maximum absolute atomic E-state index is 13.4. The number of halogens is 1. The summed E-state index contributed by atoms with van der Waals surface area (Å²) in [6.45, 7) is 3.63. The van der Waals surface area contributed by atoms with Crippen LogP contribution < -0.4 is 0 Å². The van der Waals surface area contributed by atoms with Crippen LogP contribution >= 0.6 is 0 Å². The van der Waals surface area contributed by atoms with E-state index in [9.17, 15) is 14.0 Å². The monoisotopic (exact) mass is 333 g/mol. The molecule has 0 N–H and O–H groups in total. The van der Waals surface area contributed by atoms with Gasteiger partial charge >= 0.3 is 11.9 Å². The minimum Gasteiger partial charge on any atom is -0.468 e. The summed E-state index contributed by atoms with van der Waals surface area (Å²) in [5.74, 6) is -1.73. The summed E-state index contributed by atoms with van der Waals surface area (Å²) in [6.07, 6.45) is 1.61. The molecule has 0 fully saturated rings. The van der Waals surface area contributed by atoms with Crippen molar-refractivity contribution in [1.82, 2.24) is 4.57 Å². The van der Waals surface area contributed by atoms with E-state index in [1.807, 2.05) is 4.57 Å². The second-order valence-corrected chi connectivity index (χ2v) is 5.63. The lowest BCUT2D eigenvalue weighted by Gasteiger charge is -2.27. The number of nitrogens with zero attached hydrogens (tertiary/aromatic N) is 1. The molecule has 1 aromatic carbocycles. The highest BCUT2D eigenvalue weighted by Crippen LogP contribution is 2.33. The van der Waals surface area contributed by atoms with Crippen LogP contribution in [0.25, 0.3) is 10.9 Å². The Morgan fingerprint density at radius 2 is 1.88 bits per heavy atom. The van der Waals surface area contributed by atoms with Gasteiger partial charge in [-0.15, -0.1) is 6.58 Å². The van der Waals surface area contributed by atoms with Crippen molar-refractivity contribution in [1.29, 1.82) is 0 Å². The Morgan fingerprint density at radius 1 is 1.25 bits per heavy atom. The number of hydrogen-bond donors (Lipinski definition) is 0. The van der Waals surface area contributed by atoms with Crippen molar-refractivity contribution >= 4 is 22.8 Å². The SMILES string of the molecule is C=CCC(Cc1cc2cc(F)ccc2n1C)(C(=O)OC)C(=O)OC. The van der Waals surface area contributed by atoms with Crippen LogP contribution in [-0.4, -0.2) is 30.7 Å². The lowest BCUT2D eigenvalue weighted by Crippen LogP contribution is -2.43. The highest BCUT2D eigenvalue weighted by molar-refractivity contribution is 6.00. The van der Waals surface area contributed by atoms with Gasteiger partial charge in [0.05, 0.1) is 14.2 Å². The van der Waals surface area contributed by atoms with Crippen molar-refractivity contribution in [3.63, 3.8) is 0 Å². The third kappa shape index (κ3) is 2.91. The van der Waals surface area contributed by atoms with Gasteiger partial charge in [0, 0.05) is 30.1 Å². The maximum Gasteiger partial charge on any atom is 0.323 e. The third-order valence-corrected chi connectivity index (χ3v) is 4.23. The second kappa shape index (κ2) is 6.86. The van der Waals surface area contributed by atoms with Crippen LogP contribution in [0.1, 0.15) is 12.1 Å². The van der Waals surface area contributed by atoms with Gasteiger partial charge in [-0.05, 0) is 30.7 Å². The molecule has 0 spiro atoms. The van der Waals surface area contributed by atoms with Gasteiger partial charge in [-0.25, -0.2) is 4.39 Å². The molecule has 0 aliphatic heterocycles. The van der Waals surface area contributed by atoms with Crippen molar-refractivity contribution in [3.05, 3.63) is 48.4 Å². The van der Waals surface area contributed by atoms with Crippen molar-refractivity contribution < 1.29 is 23.5 Å². The Bertz CT molecular complexity index is 778. The standard InChI is InChI=1S/C18H20FNO4/c1-5-8-18(16(21)23-3,17(22)24-4)11-14-10-12-9-13(19)6-7-15(12)20(14)2/h5-7,9-10H,1,8,11H2,2-4H3. The molecular formula is C18H20FNO4. The second-order valence-electron chi connectivity index (χ2n) is 5.63. The Morgan fingerprint density at radius 3 is 2.42 bits per heavy atom. The van der Waals surface area contributed by atoms with E-state index in [2.05, 4.69) is 6.58 Å². The van der Waals surface area contributed by atoms with E-state index in [-0.39, 0.29) is 18.7 Å². The van der Waals surface area contributed by atoms with Crippen molar-refractivity contribution in [3.8, 4) is 0 Å². The Labute approximate surface area is 139 Å². The number of methoxy groups -OCH3 is 2. The molecule has 0 aliphatic carbocycles.